The number of benzene rings is 2. The first-order chi connectivity index (χ1) is 14.5. The molecule has 0 unspecified atom stereocenters. The summed E-state index contributed by atoms with van der Waals surface area (Å²) in [5.41, 5.74) is 3.19. The highest BCUT2D eigenvalue weighted by molar-refractivity contribution is 6.33. The summed E-state index contributed by atoms with van der Waals surface area (Å²) in [5.74, 6) is 0.192. The van der Waals surface area contributed by atoms with Crippen LogP contribution in [0.3, 0.4) is 0 Å². The quantitative estimate of drug-likeness (QED) is 0.582. The molecule has 1 aromatic heterocycles. The summed E-state index contributed by atoms with van der Waals surface area (Å²) in [6.07, 6.45) is 5.60. The van der Waals surface area contributed by atoms with E-state index in [0.29, 0.717) is 27.7 Å². The molecule has 2 N–H and O–H groups in total. The van der Waals surface area contributed by atoms with Crippen molar-refractivity contribution in [3.05, 3.63) is 71.0 Å². The van der Waals surface area contributed by atoms with Crippen molar-refractivity contribution in [2.45, 2.75) is 19.8 Å². The fourth-order valence-electron chi connectivity index (χ4n) is 3.20. The van der Waals surface area contributed by atoms with E-state index in [1.54, 1.807) is 18.2 Å². The number of rotatable bonds is 6. The van der Waals surface area contributed by atoms with Crippen LogP contribution in [0, 0.1) is 12.8 Å². The zero-order chi connectivity index (χ0) is 21.3. The number of carbonyl (C=O) groups excluding carboxylic acids is 2. The normalized spacial score (nSPS) is 13.0. The Hall–Kier alpha value is -3.25. The van der Waals surface area contributed by atoms with Crippen LogP contribution in [0.5, 0.6) is 5.75 Å². The van der Waals surface area contributed by atoms with Crippen LogP contribution < -0.4 is 15.4 Å². The van der Waals surface area contributed by atoms with Gasteiger partial charge in [0.2, 0.25) is 5.91 Å². The summed E-state index contributed by atoms with van der Waals surface area (Å²) in [6.45, 7) is 1.89. The summed E-state index contributed by atoms with van der Waals surface area (Å²) >= 11 is 6.44. The third kappa shape index (κ3) is 4.19. The van der Waals surface area contributed by atoms with E-state index in [1.807, 2.05) is 48.1 Å². The van der Waals surface area contributed by atoms with Crippen LogP contribution in [0.1, 0.15) is 28.8 Å². The Balaban J connectivity index is 1.59. The average molecular weight is 424 g/mol. The molecule has 0 saturated heterocycles. The lowest BCUT2D eigenvalue weighted by Crippen LogP contribution is -2.16. The van der Waals surface area contributed by atoms with Crippen LogP contribution in [0.15, 0.2) is 54.9 Å². The molecule has 0 aliphatic heterocycles. The molecule has 2 amide bonds. The Morgan fingerprint density at radius 3 is 2.50 bits per heavy atom. The number of nitrogens with zero attached hydrogens (tertiary/aromatic N) is 1. The first-order valence-electron chi connectivity index (χ1n) is 9.70. The van der Waals surface area contributed by atoms with E-state index in [-0.39, 0.29) is 17.7 Å². The molecule has 1 saturated carbocycles. The van der Waals surface area contributed by atoms with Gasteiger partial charge in [-0.2, -0.15) is 0 Å². The maximum absolute atomic E-state index is 13.0. The second kappa shape index (κ2) is 8.24. The molecule has 0 radical (unpaired) electrons. The Bertz CT molecular complexity index is 1110. The van der Waals surface area contributed by atoms with Crippen LogP contribution in [0.4, 0.5) is 11.4 Å². The van der Waals surface area contributed by atoms with Crippen molar-refractivity contribution in [2.75, 3.05) is 17.7 Å². The molecule has 2 aromatic carbocycles. The third-order valence-corrected chi connectivity index (χ3v) is 5.40. The van der Waals surface area contributed by atoms with Gasteiger partial charge in [-0.05, 0) is 55.7 Å². The molecule has 7 heteroatoms. The van der Waals surface area contributed by atoms with Gasteiger partial charge in [0, 0.05) is 35.8 Å². The van der Waals surface area contributed by atoms with E-state index in [4.69, 9.17) is 16.3 Å². The van der Waals surface area contributed by atoms with Crippen LogP contribution in [-0.2, 0) is 4.79 Å². The van der Waals surface area contributed by atoms with E-state index in [1.165, 1.54) is 7.11 Å². The zero-order valence-corrected chi connectivity index (χ0v) is 17.5. The highest BCUT2D eigenvalue weighted by atomic mass is 35.5. The molecule has 6 nitrogen and oxygen atoms in total. The van der Waals surface area contributed by atoms with Crippen LogP contribution in [-0.4, -0.2) is 23.5 Å². The maximum Gasteiger partial charge on any atom is 0.259 e. The van der Waals surface area contributed by atoms with Gasteiger partial charge in [0.25, 0.3) is 5.91 Å². The largest absolute Gasteiger partial charge is 0.496 e. The Morgan fingerprint density at radius 2 is 1.83 bits per heavy atom. The van der Waals surface area contributed by atoms with Crippen molar-refractivity contribution >= 4 is 34.8 Å². The molecule has 0 spiro atoms. The predicted octanol–water partition coefficient (Wildman–Crippen LogP) is 5.05. The van der Waals surface area contributed by atoms with Crippen molar-refractivity contribution in [1.82, 2.24) is 4.57 Å². The van der Waals surface area contributed by atoms with Gasteiger partial charge in [0.05, 0.1) is 23.4 Å². The molecular formula is C23H22ClN3O3. The minimum Gasteiger partial charge on any atom is -0.496 e. The van der Waals surface area contributed by atoms with Crippen LogP contribution >= 0.6 is 11.6 Å². The average Bonchev–Trinajstić information content (AvgIpc) is 3.45. The molecule has 1 fully saturated rings. The van der Waals surface area contributed by atoms with E-state index >= 15 is 0 Å². The molecule has 154 valence electrons. The monoisotopic (exact) mass is 423 g/mol. The molecule has 1 aliphatic carbocycles. The van der Waals surface area contributed by atoms with Gasteiger partial charge in [-0.25, -0.2) is 0 Å². The second-order valence-corrected chi connectivity index (χ2v) is 7.75. The number of nitrogens with one attached hydrogen (secondary N) is 2. The summed E-state index contributed by atoms with van der Waals surface area (Å²) in [5, 5.41) is 6.24. The summed E-state index contributed by atoms with van der Waals surface area (Å²) < 4.78 is 7.30. The Labute approximate surface area is 179 Å². The number of amides is 2. The van der Waals surface area contributed by atoms with Gasteiger partial charge in [-0.15, -0.1) is 0 Å². The van der Waals surface area contributed by atoms with Crippen molar-refractivity contribution in [1.29, 1.82) is 0 Å². The lowest BCUT2D eigenvalue weighted by atomic mass is 10.1. The van der Waals surface area contributed by atoms with Crippen LogP contribution in [0.2, 0.25) is 5.02 Å². The number of methoxy groups -OCH3 is 1. The number of aromatic nitrogens is 1. The Morgan fingerprint density at radius 1 is 1.10 bits per heavy atom. The molecule has 3 aromatic rings. The standard InChI is InChI=1S/C23H22ClN3O3/c1-14-5-8-16(25-22(28)15-6-7-15)11-19(14)26-23(29)17-12-18(24)20(13-21(17)30-2)27-9-3-4-10-27/h3-5,8-13,15H,6-7H2,1-2H3,(H,25,28)(H,26,29). The summed E-state index contributed by atoms with van der Waals surface area (Å²) in [6, 6.07) is 12.6. The fourth-order valence-corrected chi connectivity index (χ4v) is 3.46. The van der Waals surface area contributed by atoms with Crippen molar-refractivity contribution in [3.63, 3.8) is 0 Å². The molecule has 1 heterocycles. The van der Waals surface area contributed by atoms with Gasteiger partial charge >= 0.3 is 0 Å². The van der Waals surface area contributed by atoms with Gasteiger partial charge in [0.1, 0.15) is 5.75 Å². The number of halogens is 1. The highest BCUT2D eigenvalue weighted by Gasteiger charge is 2.29. The van der Waals surface area contributed by atoms with Crippen molar-refractivity contribution < 1.29 is 14.3 Å². The maximum atomic E-state index is 13.0. The van der Waals surface area contributed by atoms with Crippen LogP contribution in [0.25, 0.3) is 5.69 Å². The number of ether oxygens (including phenoxy) is 1. The molecular weight excluding hydrogens is 402 g/mol. The SMILES string of the molecule is COc1cc(-n2cccc2)c(Cl)cc1C(=O)Nc1cc(NC(=O)C2CC2)ccc1C. The molecule has 0 bridgehead atoms. The third-order valence-electron chi connectivity index (χ3n) is 5.10. The number of anilines is 2. The first kappa shape index (κ1) is 20.0. The van der Waals surface area contributed by atoms with E-state index in [2.05, 4.69) is 10.6 Å². The van der Waals surface area contributed by atoms with Gasteiger partial charge in [-0.1, -0.05) is 17.7 Å². The number of aryl methyl sites for hydroxylation is 1. The zero-order valence-electron chi connectivity index (χ0n) is 16.7. The molecule has 1 aliphatic rings. The topological polar surface area (TPSA) is 72.4 Å². The van der Waals surface area contributed by atoms with E-state index < -0.39 is 0 Å². The first-order valence-corrected chi connectivity index (χ1v) is 10.1. The van der Waals surface area contributed by atoms with E-state index in [9.17, 15) is 9.59 Å². The number of hydrogen-bond donors (Lipinski definition) is 2. The molecule has 30 heavy (non-hydrogen) atoms. The minimum absolute atomic E-state index is 0.0187. The fraction of sp³-hybridized carbons (Fsp3) is 0.217. The molecule has 0 atom stereocenters. The van der Waals surface area contributed by atoms with Gasteiger partial charge in [0.15, 0.2) is 0 Å². The number of hydrogen-bond acceptors (Lipinski definition) is 3. The lowest BCUT2D eigenvalue weighted by Gasteiger charge is -2.15. The smallest absolute Gasteiger partial charge is 0.259 e. The predicted molar refractivity (Wildman–Crippen MR) is 118 cm³/mol. The minimum atomic E-state index is -0.346. The second-order valence-electron chi connectivity index (χ2n) is 7.34. The number of carbonyl (C=O) groups is 2. The van der Waals surface area contributed by atoms with Crippen molar-refractivity contribution in [2.24, 2.45) is 5.92 Å². The summed E-state index contributed by atoms with van der Waals surface area (Å²) in [7, 11) is 1.51. The lowest BCUT2D eigenvalue weighted by molar-refractivity contribution is -0.117. The van der Waals surface area contributed by atoms with Crippen molar-refractivity contribution in [3.8, 4) is 11.4 Å². The van der Waals surface area contributed by atoms with E-state index in [0.717, 1.165) is 24.1 Å². The van der Waals surface area contributed by atoms with Gasteiger partial charge < -0.3 is 19.9 Å². The highest BCUT2D eigenvalue weighted by Crippen LogP contribution is 2.32. The Kier molecular flexibility index (Phi) is 5.50. The summed E-state index contributed by atoms with van der Waals surface area (Å²) in [4.78, 5) is 25.0. The molecule has 4 rings (SSSR count). The van der Waals surface area contributed by atoms with Gasteiger partial charge in [-0.3, -0.25) is 9.59 Å².